The standard InChI is InChI=1S/C31H45NO3/c1-26(2)22-11-12-31(7)23(29(22,5)18-21(33)24(26)34)10-9-19-20-17-28(4,25(35)32-8)14-13-27(20,3)15-16-30(19,31)6/h9-10,18,20,22,33H,11-17H2,1-8H3,(H,32,35)/t20-,22-,27+,28-,29-,30+,31+/m0/s1. The normalized spacial score (nSPS) is 48.2. The number of nitrogens with one attached hydrogen (secondary N) is 1. The largest absolute Gasteiger partial charge is 0.505 e. The highest BCUT2D eigenvalue weighted by molar-refractivity contribution is 5.99. The molecule has 3 saturated carbocycles. The summed E-state index contributed by atoms with van der Waals surface area (Å²) in [5.74, 6) is 0.561. The van der Waals surface area contributed by atoms with Gasteiger partial charge in [-0.1, -0.05) is 71.8 Å². The van der Waals surface area contributed by atoms with Gasteiger partial charge in [-0.2, -0.15) is 0 Å². The van der Waals surface area contributed by atoms with Gasteiger partial charge in [-0.05, 0) is 79.1 Å². The molecule has 0 saturated heterocycles. The van der Waals surface area contributed by atoms with Crippen LogP contribution in [0.25, 0.3) is 0 Å². The van der Waals surface area contributed by atoms with E-state index in [9.17, 15) is 14.7 Å². The van der Waals surface area contributed by atoms with Crippen molar-refractivity contribution in [1.29, 1.82) is 0 Å². The number of amides is 1. The second kappa shape index (κ2) is 7.13. The van der Waals surface area contributed by atoms with Gasteiger partial charge in [0.25, 0.3) is 0 Å². The van der Waals surface area contributed by atoms with E-state index in [2.05, 4.69) is 52.1 Å². The fourth-order valence-corrected chi connectivity index (χ4v) is 9.67. The quantitative estimate of drug-likeness (QED) is 0.440. The third-order valence-electron chi connectivity index (χ3n) is 12.3. The van der Waals surface area contributed by atoms with Crippen molar-refractivity contribution < 1.29 is 14.7 Å². The van der Waals surface area contributed by atoms with Gasteiger partial charge in [0.05, 0.1) is 0 Å². The van der Waals surface area contributed by atoms with Gasteiger partial charge in [0, 0.05) is 23.3 Å². The Hall–Kier alpha value is -1.84. The summed E-state index contributed by atoms with van der Waals surface area (Å²) < 4.78 is 0. The Morgan fingerprint density at radius 2 is 1.60 bits per heavy atom. The van der Waals surface area contributed by atoms with E-state index in [1.165, 1.54) is 17.6 Å². The first-order valence-electron chi connectivity index (χ1n) is 13.7. The van der Waals surface area contributed by atoms with Crippen molar-refractivity contribution in [1.82, 2.24) is 5.32 Å². The fourth-order valence-electron chi connectivity index (χ4n) is 9.67. The zero-order valence-electron chi connectivity index (χ0n) is 23.1. The molecule has 0 spiro atoms. The first kappa shape index (κ1) is 24.8. The third-order valence-corrected chi connectivity index (χ3v) is 12.3. The van der Waals surface area contributed by atoms with Crippen LogP contribution in [0.4, 0.5) is 0 Å². The molecule has 5 rings (SSSR count). The van der Waals surface area contributed by atoms with Crippen molar-refractivity contribution in [3.63, 3.8) is 0 Å². The average Bonchev–Trinajstić information content (AvgIpc) is 2.78. The molecule has 4 heteroatoms. The van der Waals surface area contributed by atoms with Gasteiger partial charge >= 0.3 is 0 Å². The minimum atomic E-state index is -0.579. The lowest BCUT2D eigenvalue weighted by Crippen LogP contribution is -2.60. The first-order valence-corrected chi connectivity index (χ1v) is 13.7. The number of aliphatic hydroxyl groups excluding tert-OH is 1. The van der Waals surface area contributed by atoms with Crippen molar-refractivity contribution >= 4 is 11.7 Å². The number of hydrogen-bond donors (Lipinski definition) is 2. The monoisotopic (exact) mass is 479 g/mol. The smallest absolute Gasteiger partial charge is 0.225 e. The molecule has 7 atom stereocenters. The molecule has 0 heterocycles. The summed E-state index contributed by atoms with van der Waals surface area (Å²) in [4.78, 5) is 25.8. The minimum Gasteiger partial charge on any atom is -0.505 e. The number of aliphatic hydroxyl groups is 1. The molecule has 3 fully saturated rings. The van der Waals surface area contributed by atoms with Crippen molar-refractivity contribution in [2.45, 2.75) is 93.4 Å². The maximum Gasteiger partial charge on any atom is 0.225 e. The van der Waals surface area contributed by atoms with E-state index >= 15 is 0 Å². The molecule has 0 aromatic heterocycles. The second-order valence-corrected chi connectivity index (χ2v) is 14.4. The van der Waals surface area contributed by atoms with Crippen molar-refractivity contribution in [3.8, 4) is 0 Å². The van der Waals surface area contributed by atoms with Crippen LogP contribution in [-0.2, 0) is 9.59 Å². The van der Waals surface area contributed by atoms with Gasteiger partial charge in [-0.3, -0.25) is 9.59 Å². The van der Waals surface area contributed by atoms with Gasteiger partial charge < -0.3 is 10.4 Å². The van der Waals surface area contributed by atoms with Gasteiger partial charge in [0.15, 0.2) is 5.76 Å². The van der Waals surface area contributed by atoms with E-state index < -0.39 is 5.41 Å². The zero-order chi connectivity index (χ0) is 25.8. The van der Waals surface area contributed by atoms with Gasteiger partial charge in [0.2, 0.25) is 11.7 Å². The molecule has 5 aliphatic rings. The SMILES string of the molecule is CNC(=O)[C@@]1(C)CC[C@]2(C)CC[C@]3(C)C(=CC=C4[C@@]5(C)C=C(O)C(=O)C(C)(C)[C@@H]5CC[C@]43C)[C@@H]2C1. The van der Waals surface area contributed by atoms with Crippen molar-refractivity contribution in [3.05, 3.63) is 35.1 Å². The lowest BCUT2D eigenvalue weighted by molar-refractivity contribution is -0.138. The molecule has 5 aliphatic carbocycles. The van der Waals surface area contributed by atoms with E-state index in [-0.39, 0.29) is 50.4 Å². The molecule has 192 valence electrons. The number of rotatable bonds is 1. The van der Waals surface area contributed by atoms with Crippen molar-refractivity contribution in [2.75, 3.05) is 7.05 Å². The number of carbonyl (C=O) groups excluding carboxylic acids is 2. The third kappa shape index (κ3) is 2.92. The Morgan fingerprint density at radius 1 is 0.943 bits per heavy atom. The molecule has 35 heavy (non-hydrogen) atoms. The summed E-state index contributed by atoms with van der Waals surface area (Å²) in [5.41, 5.74) is 1.87. The van der Waals surface area contributed by atoms with Gasteiger partial charge in [-0.25, -0.2) is 0 Å². The molecular weight excluding hydrogens is 434 g/mol. The molecule has 0 aromatic carbocycles. The molecular formula is C31H45NO3. The van der Waals surface area contributed by atoms with Crippen LogP contribution in [-0.4, -0.2) is 23.8 Å². The Kier molecular flexibility index (Phi) is 5.06. The number of allylic oxidation sites excluding steroid dienone is 6. The van der Waals surface area contributed by atoms with Crippen LogP contribution in [0.2, 0.25) is 0 Å². The zero-order valence-corrected chi connectivity index (χ0v) is 23.1. The van der Waals surface area contributed by atoms with Crippen LogP contribution in [0.1, 0.15) is 93.4 Å². The number of fused-ring (bicyclic) bond motifs is 7. The fraction of sp³-hybridized carbons (Fsp3) is 0.742. The minimum absolute atomic E-state index is 0.00520. The van der Waals surface area contributed by atoms with Crippen LogP contribution in [0.3, 0.4) is 0 Å². The maximum atomic E-state index is 12.9. The average molecular weight is 480 g/mol. The van der Waals surface area contributed by atoms with Crippen LogP contribution in [0, 0.1) is 44.3 Å². The Morgan fingerprint density at radius 3 is 2.26 bits per heavy atom. The van der Waals surface area contributed by atoms with Crippen LogP contribution < -0.4 is 5.32 Å². The predicted molar refractivity (Wildman–Crippen MR) is 140 cm³/mol. The van der Waals surface area contributed by atoms with E-state index in [4.69, 9.17) is 0 Å². The number of ketones is 1. The lowest BCUT2D eigenvalue weighted by Gasteiger charge is -2.67. The molecule has 0 aliphatic heterocycles. The molecule has 4 nitrogen and oxygen atoms in total. The second-order valence-electron chi connectivity index (χ2n) is 14.4. The topological polar surface area (TPSA) is 66.4 Å². The molecule has 1 amide bonds. The summed E-state index contributed by atoms with van der Waals surface area (Å²) in [6, 6.07) is 0. The summed E-state index contributed by atoms with van der Waals surface area (Å²) in [6.07, 6.45) is 14.0. The van der Waals surface area contributed by atoms with E-state index in [1.54, 1.807) is 7.05 Å². The molecule has 0 radical (unpaired) electrons. The highest BCUT2D eigenvalue weighted by Crippen LogP contribution is 2.73. The molecule has 2 N–H and O–H groups in total. The number of carbonyl (C=O) groups is 2. The Balaban J connectivity index is 1.65. The molecule has 0 aromatic rings. The summed E-state index contributed by atoms with van der Waals surface area (Å²) in [7, 11) is 1.76. The summed E-state index contributed by atoms with van der Waals surface area (Å²) in [5, 5.41) is 13.7. The molecule has 0 unspecified atom stereocenters. The van der Waals surface area contributed by atoms with Gasteiger partial charge in [0.1, 0.15) is 0 Å². The van der Waals surface area contributed by atoms with Crippen LogP contribution >= 0.6 is 0 Å². The van der Waals surface area contributed by atoms with Gasteiger partial charge in [-0.15, -0.1) is 0 Å². The Bertz CT molecular complexity index is 1100. The highest BCUT2D eigenvalue weighted by atomic mass is 16.3. The van der Waals surface area contributed by atoms with E-state index in [0.717, 1.165) is 38.5 Å². The Labute approximate surface area is 211 Å². The van der Waals surface area contributed by atoms with E-state index in [1.807, 2.05) is 19.9 Å². The van der Waals surface area contributed by atoms with Crippen LogP contribution in [0.5, 0.6) is 0 Å². The van der Waals surface area contributed by atoms with Crippen LogP contribution in [0.15, 0.2) is 35.1 Å². The van der Waals surface area contributed by atoms with Crippen molar-refractivity contribution in [2.24, 2.45) is 44.3 Å². The van der Waals surface area contributed by atoms with E-state index in [0.29, 0.717) is 5.92 Å². The highest BCUT2D eigenvalue weighted by Gasteiger charge is 2.66. The lowest BCUT2D eigenvalue weighted by atomic mass is 9.37. The number of hydrogen-bond acceptors (Lipinski definition) is 3. The summed E-state index contributed by atoms with van der Waals surface area (Å²) >= 11 is 0. The molecule has 0 bridgehead atoms. The first-order chi connectivity index (χ1) is 16.1. The maximum absolute atomic E-state index is 12.9. The summed E-state index contributed by atoms with van der Waals surface area (Å²) in [6.45, 7) is 15.8. The number of Topliss-reactive ketones (excluding diaryl/α,β-unsaturated/α-hetero) is 1. The predicted octanol–water partition coefficient (Wildman–Crippen LogP) is 6.69.